The maximum atomic E-state index is 13.1. The number of nitro benzene ring substituents is 1. The second-order valence-electron chi connectivity index (χ2n) is 7.26. The fraction of sp³-hybridized carbons (Fsp3) is 0.273. The summed E-state index contributed by atoms with van der Waals surface area (Å²) in [5.41, 5.74) is 2.90. The number of allylic oxidation sites excluding steroid dienone is 1. The van der Waals surface area contributed by atoms with E-state index in [1.54, 1.807) is 6.92 Å². The SMILES string of the molecule is CC(=O)C1=C(C)NC(C)N(C(=O)Oc2ccc([N+](=O)[O-])cc2)C1c1cccc(C)c1. The number of nitrogens with zero attached hydrogens (tertiary/aromatic N) is 2. The van der Waals surface area contributed by atoms with Crippen LogP contribution in [0, 0.1) is 17.0 Å². The van der Waals surface area contributed by atoms with Crippen LogP contribution in [0.1, 0.15) is 37.9 Å². The Morgan fingerprint density at radius 2 is 1.80 bits per heavy atom. The molecule has 8 nitrogen and oxygen atoms in total. The molecule has 30 heavy (non-hydrogen) atoms. The quantitative estimate of drug-likeness (QED) is 0.598. The number of rotatable bonds is 4. The standard InChI is InChI=1S/C22H23N3O5/c1-13-6-5-7-17(12-13)21-20(15(3)26)14(2)23-16(4)24(21)22(27)30-19-10-8-18(9-11-19)25(28)29/h5-12,16,21,23H,1-4H3. The second-order valence-corrected chi connectivity index (χ2v) is 7.26. The number of non-ortho nitro benzene ring substituents is 1. The van der Waals surface area contributed by atoms with E-state index < -0.39 is 23.2 Å². The van der Waals surface area contributed by atoms with Crippen LogP contribution >= 0.6 is 0 Å². The van der Waals surface area contributed by atoms with Crippen molar-refractivity contribution in [3.05, 3.63) is 81.0 Å². The van der Waals surface area contributed by atoms with Crippen molar-refractivity contribution in [1.82, 2.24) is 10.2 Å². The molecule has 1 aliphatic rings. The summed E-state index contributed by atoms with van der Waals surface area (Å²) < 4.78 is 5.49. The van der Waals surface area contributed by atoms with Crippen LogP contribution in [0.5, 0.6) is 5.75 Å². The number of amides is 1. The monoisotopic (exact) mass is 409 g/mol. The number of hydrogen-bond donors (Lipinski definition) is 1. The molecule has 156 valence electrons. The van der Waals surface area contributed by atoms with Crippen molar-refractivity contribution in [2.75, 3.05) is 0 Å². The number of benzene rings is 2. The number of carbonyl (C=O) groups excluding carboxylic acids is 2. The van der Waals surface area contributed by atoms with E-state index in [4.69, 9.17) is 4.74 Å². The number of nitro groups is 1. The van der Waals surface area contributed by atoms with Crippen LogP contribution in [0.25, 0.3) is 0 Å². The molecule has 0 saturated carbocycles. The summed E-state index contributed by atoms with van der Waals surface area (Å²) in [4.78, 5) is 37.4. The Bertz CT molecular complexity index is 1030. The van der Waals surface area contributed by atoms with E-state index in [1.807, 2.05) is 38.1 Å². The molecule has 0 fully saturated rings. The fourth-order valence-corrected chi connectivity index (χ4v) is 3.71. The molecular formula is C22H23N3O5. The first-order valence-corrected chi connectivity index (χ1v) is 9.48. The maximum absolute atomic E-state index is 13.1. The van der Waals surface area contributed by atoms with Gasteiger partial charge in [0.1, 0.15) is 11.9 Å². The van der Waals surface area contributed by atoms with E-state index in [0.717, 1.165) is 11.1 Å². The molecule has 0 spiro atoms. The van der Waals surface area contributed by atoms with Crippen molar-refractivity contribution in [1.29, 1.82) is 0 Å². The number of Topliss-reactive ketones (excluding diaryl/α,β-unsaturated/α-hetero) is 1. The van der Waals surface area contributed by atoms with Crippen molar-refractivity contribution in [2.24, 2.45) is 0 Å². The van der Waals surface area contributed by atoms with Crippen LogP contribution in [-0.2, 0) is 4.79 Å². The first-order chi connectivity index (χ1) is 14.2. The first-order valence-electron chi connectivity index (χ1n) is 9.48. The minimum Gasteiger partial charge on any atom is -0.410 e. The van der Waals surface area contributed by atoms with Gasteiger partial charge in [-0.25, -0.2) is 4.79 Å². The van der Waals surface area contributed by atoms with Crippen LogP contribution in [0.3, 0.4) is 0 Å². The topological polar surface area (TPSA) is 102 Å². The number of ether oxygens (including phenoxy) is 1. The molecule has 1 aliphatic heterocycles. The summed E-state index contributed by atoms with van der Waals surface area (Å²) >= 11 is 0. The van der Waals surface area contributed by atoms with Crippen LogP contribution in [-0.4, -0.2) is 27.9 Å². The van der Waals surface area contributed by atoms with Gasteiger partial charge in [-0.3, -0.25) is 19.8 Å². The second kappa shape index (κ2) is 8.36. The Hall–Kier alpha value is -3.68. The van der Waals surface area contributed by atoms with E-state index in [1.165, 1.54) is 36.1 Å². The molecule has 0 aliphatic carbocycles. The minimum absolute atomic E-state index is 0.0992. The molecule has 2 aromatic rings. The Labute approximate surface area is 174 Å². The number of nitrogens with one attached hydrogen (secondary N) is 1. The molecule has 2 unspecified atom stereocenters. The van der Waals surface area contributed by atoms with E-state index in [0.29, 0.717) is 11.3 Å². The van der Waals surface area contributed by atoms with E-state index in [2.05, 4.69) is 5.32 Å². The fourth-order valence-electron chi connectivity index (χ4n) is 3.71. The lowest BCUT2D eigenvalue weighted by atomic mass is 9.90. The normalized spacial score (nSPS) is 18.6. The Morgan fingerprint density at radius 3 is 2.37 bits per heavy atom. The van der Waals surface area contributed by atoms with Gasteiger partial charge in [-0.1, -0.05) is 29.8 Å². The molecule has 2 atom stereocenters. The maximum Gasteiger partial charge on any atom is 0.417 e. The largest absolute Gasteiger partial charge is 0.417 e. The van der Waals surface area contributed by atoms with Gasteiger partial charge >= 0.3 is 6.09 Å². The van der Waals surface area contributed by atoms with Crippen LogP contribution in [0.4, 0.5) is 10.5 Å². The van der Waals surface area contributed by atoms with Gasteiger partial charge < -0.3 is 10.1 Å². The van der Waals surface area contributed by atoms with Gasteiger partial charge in [0, 0.05) is 23.4 Å². The molecular weight excluding hydrogens is 386 g/mol. The lowest BCUT2D eigenvalue weighted by molar-refractivity contribution is -0.384. The molecule has 1 amide bonds. The smallest absolute Gasteiger partial charge is 0.410 e. The van der Waals surface area contributed by atoms with Gasteiger partial charge in [0.05, 0.1) is 11.0 Å². The molecule has 1 heterocycles. The highest BCUT2D eigenvalue weighted by atomic mass is 16.6. The highest BCUT2D eigenvalue weighted by Crippen LogP contribution is 2.36. The third kappa shape index (κ3) is 4.17. The van der Waals surface area contributed by atoms with E-state index >= 15 is 0 Å². The summed E-state index contributed by atoms with van der Waals surface area (Å²) in [5, 5.41) is 14.0. The molecule has 0 radical (unpaired) electrons. The van der Waals surface area contributed by atoms with Crippen molar-refractivity contribution in [3.8, 4) is 5.75 Å². The zero-order valence-electron chi connectivity index (χ0n) is 17.2. The Morgan fingerprint density at radius 1 is 1.13 bits per heavy atom. The number of hydrogen-bond acceptors (Lipinski definition) is 6. The Balaban J connectivity index is 2.00. The average molecular weight is 409 g/mol. The summed E-state index contributed by atoms with van der Waals surface area (Å²) in [6, 6.07) is 12.3. The van der Waals surface area contributed by atoms with Gasteiger partial charge in [-0.2, -0.15) is 0 Å². The van der Waals surface area contributed by atoms with Crippen molar-refractivity contribution in [2.45, 2.75) is 39.9 Å². The van der Waals surface area contributed by atoms with Gasteiger partial charge in [-0.05, 0) is 45.4 Å². The van der Waals surface area contributed by atoms with Crippen molar-refractivity contribution < 1.29 is 19.2 Å². The van der Waals surface area contributed by atoms with Crippen LogP contribution in [0.15, 0.2) is 59.8 Å². The molecule has 3 rings (SSSR count). The Kier molecular flexibility index (Phi) is 5.86. The van der Waals surface area contributed by atoms with Gasteiger partial charge in [0.15, 0.2) is 5.78 Å². The molecule has 1 N–H and O–H groups in total. The van der Waals surface area contributed by atoms with Crippen molar-refractivity contribution >= 4 is 17.6 Å². The highest BCUT2D eigenvalue weighted by molar-refractivity contribution is 5.96. The summed E-state index contributed by atoms with van der Waals surface area (Å²) in [7, 11) is 0. The number of carbonyl (C=O) groups is 2. The molecule has 0 bridgehead atoms. The van der Waals surface area contributed by atoms with Crippen LogP contribution < -0.4 is 10.1 Å². The minimum atomic E-state index is -0.665. The number of aryl methyl sites for hydroxylation is 1. The van der Waals surface area contributed by atoms with Gasteiger partial charge in [0.25, 0.3) is 5.69 Å². The number of ketones is 1. The van der Waals surface area contributed by atoms with Gasteiger partial charge in [0.2, 0.25) is 0 Å². The lowest BCUT2D eigenvalue weighted by Crippen LogP contribution is -2.54. The van der Waals surface area contributed by atoms with Crippen molar-refractivity contribution in [3.63, 3.8) is 0 Å². The van der Waals surface area contributed by atoms with Crippen LogP contribution in [0.2, 0.25) is 0 Å². The van der Waals surface area contributed by atoms with E-state index in [-0.39, 0.29) is 17.2 Å². The zero-order chi connectivity index (χ0) is 22.0. The predicted octanol–water partition coefficient (Wildman–Crippen LogP) is 4.26. The third-order valence-corrected chi connectivity index (χ3v) is 5.00. The summed E-state index contributed by atoms with van der Waals surface area (Å²) in [5.74, 6) is 0.0305. The summed E-state index contributed by atoms with van der Waals surface area (Å²) in [6.07, 6.45) is -1.11. The molecule has 8 heteroatoms. The zero-order valence-corrected chi connectivity index (χ0v) is 17.2. The summed E-state index contributed by atoms with van der Waals surface area (Å²) in [6.45, 7) is 7.03. The predicted molar refractivity (Wildman–Crippen MR) is 111 cm³/mol. The first kappa shape index (κ1) is 21.0. The van der Waals surface area contributed by atoms with E-state index in [9.17, 15) is 19.7 Å². The average Bonchev–Trinajstić information content (AvgIpc) is 2.67. The third-order valence-electron chi connectivity index (χ3n) is 5.00. The lowest BCUT2D eigenvalue weighted by Gasteiger charge is -2.42. The molecule has 2 aromatic carbocycles. The molecule has 0 aromatic heterocycles. The van der Waals surface area contributed by atoms with Gasteiger partial charge in [-0.15, -0.1) is 0 Å². The molecule has 0 saturated heterocycles. The highest BCUT2D eigenvalue weighted by Gasteiger charge is 2.39.